The SMILES string of the molecule is CCC(Oc1ccccc1F)C(=O)NCCSC1CCCC1. The zero-order valence-electron chi connectivity index (χ0n) is 13.0. The van der Waals surface area contributed by atoms with E-state index >= 15 is 0 Å². The van der Waals surface area contributed by atoms with Crippen LogP contribution in [0.3, 0.4) is 0 Å². The molecule has 0 spiro atoms. The van der Waals surface area contributed by atoms with E-state index in [0.717, 1.165) is 11.0 Å². The molecule has 1 saturated carbocycles. The maximum absolute atomic E-state index is 13.6. The van der Waals surface area contributed by atoms with Gasteiger partial charge in [-0.1, -0.05) is 31.9 Å². The molecule has 0 radical (unpaired) electrons. The Morgan fingerprint density at radius 3 is 2.82 bits per heavy atom. The molecule has 1 aliphatic rings. The van der Waals surface area contributed by atoms with Crippen molar-refractivity contribution in [2.45, 2.75) is 50.4 Å². The third-order valence-electron chi connectivity index (χ3n) is 3.83. The third-order valence-corrected chi connectivity index (χ3v) is 5.21. The molecular formula is C17H24FNO2S. The lowest BCUT2D eigenvalue weighted by molar-refractivity contribution is -0.128. The predicted molar refractivity (Wildman–Crippen MR) is 88.8 cm³/mol. The maximum atomic E-state index is 13.6. The van der Waals surface area contributed by atoms with Gasteiger partial charge in [0, 0.05) is 17.5 Å². The molecule has 1 fully saturated rings. The average Bonchev–Trinajstić information content (AvgIpc) is 3.04. The topological polar surface area (TPSA) is 38.3 Å². The second-order valence-electron chi connectivity index (χ2n) is 5.51. The van der Waals surface area contributed by atoms with Gasteiger partial charge in [-0.3, -0.25) is 4.79 Å². The number of thioether (sulfide) groups is 1. The van der Waals surface area contributed by atoms with Crippen molar-refractivity contribution in [3.05, 3.63) is 30.1 Å². The van der Waals surface area contributed by atoms with Gasteiger partial charge >= 0.3 is 0 Å². The van der Waals surface area contributed by atoms with Gasteiger partial charge in [-0.2, -0.15) is 11.8 Å². The van der Waals surface area contributed by atoms with E-state index < -0.39 is 11.9 Å². The first kappa shape index (κ1) is 17.1. The molecule has 1 atom stereocenters. The van der Waals surface area contributed by atoms with Crippen molar-refractivity contribution in [2.24, 2.45) is 0 Å². The zero-order chi connectivity index (χ0) is 15.8. The Kier molecular flexibility index (Phi) is 7.03. The van der Waals surface area contributed by atoms with Crippen molar-refractivity contribution < 1.29 is 13.9 Å². The van der Waals surface area contributed by atoms with Gasteiger partial charge in [-0.25, -0.2) is 4.39 Å². The van der Waals surface area contributed by atoms with Gasteiger partial charge in [0.15, 0.2) is 17.7 Å². The Morgan fingerprint density at radius 2 is 2.14 bits per heavy atom. The lowest BCUT2D eigenvalue weighted by Gasteiger charge is -2.18. The molecule has 2 rings (SSSR count). The molecule has 0 saturated heterocycles. The van der Waals surface area contributed by atoms with Crippen LogP contribution in [-0.4, -0.2) is 29.6 Å². The van der Waals surface area contributed by atoms with Gasteiger partial charge in [-0.05, 0) is 31.4 Å². The molecule has 1 unspecified atom stereocenters. The summed E-state index contributed by atoms with van der Waals surface area (Å²) in [6, 6.07) is 6.17. The Labute approximate surface area is 136 Å². The van der Waals surface area contributed by atoms with Gasteiger partial charge in [0.05, 0.1) is 0 Å². The van der Waals surface area contributed by atoms with Crippen LogP contribution in [0, 0.1) is 5.82 Å². The summed E-state index contributed by atoms with van der Waals surface area (Å²) in [5, 5.41) is 3.65. The lowest BCUT2D eigenvalue weighted by atomic mass is 10.2. The minimum Gasteiger partial charge on any atom is -0.478 e. The normalized spacial score (nSPS) is 16.5. The number of benzene rings is 1. The smallest absolute Gasteiger partial charge is 0.261 e. The van der Waals surface area contributed by atoms with Crippen LogP contribution in [-0.2, 0) is 4.79 Å². The van der Waals surface area contributed by atoms with E-state index in [9.17, 15) is 9.18 Å². The average molecular weight is 325 g/mol. The van der Waals surface area contributed by atoms with Gasteiger partial charge in [0.1, 0.15) is 0 Å². The van der Waals surface area contributed by atoms with Crippen molar-refractivity contribution in [2.75, 3.05) is 12.3 Å². The Hall–Kier alpha value is -1.23. The van der Waals surface area contributed by atoms with Crippen LogP contribution in [0.25, 0.3) is 0 Å². The maximum Gasteiger partial charge on any atom is 0.261 e. The van der Waals surface area contributed by atoms with Crippen LogP contribution < -0.4 is 10.1 Å². The van der Waals surface area contributed by atoms with Gasteiger partial charge in [-0.15, -0.1) is 0 Å². The highest BCUT2D eigenvalue weighted by atomic mass is 32.2. The first-order valence-electron chi connectivity index (χ1n) is 8.01. The highest BCUT2D eigenvalue weighted by Gasteiger charge is 2.20. The lowest BCUT2D eigenvalue weighted by Crippen LogP contribution is -2.39. The first-order chi connectivity index (χ1) is 10.7. The molecule has 1 aromatic rings. The highest BCUT2D eigenvalue weighted by Crippen LogP contribution is 2.28. The number of ether oxygens (including phenoxy) is 1. The Balaban J connectivity index is 1.73. The van der Waals surface area contributed by atoms with Crippen LogP contribution >= 0.6 is 11.8 Å². The van der Waals surface area contributed by atoms with Crippen molar-refractivity contribution in [1.82, 2.24) is 5.32 Å². The molecule has 122 valence electrons. The largest absolute Gasteiger partial charge is 0.478 e. The number of para-hydroxylation sites is 1. The third kappa shape index (κ3) is 5.20. The standard InChI is InChI=1S/C17H24FNO2S/c1-2-15(21-16-10-6-5-9-14(16)18)17(20)19-11-12-22-13-7-3-4-8-13/h5-6,9-10,13,15H,2-4,7-8,11-12H2,1H3,(H,19,20). The fourth-order valence-electron chi connectivity index (χ4n) is 2.58. The van der Waals surface area contributed by atoms with E-state index in [2.05, 4.69) is 5.32 Å². The monoisotopic (exact) mass is 325 g/mol. The van der Waals surface area contributed by atoms with Crippen LogP contribution in [0.15, 0.2) is 24.3 Å². The molecule has 1 aliphatic carbocycles. The molecule has 1 amide bonds. The molecule has 0 heterocycles. The van der Waals surface area contributed by atoms with Crippen molar-refractivity contribution in [3.8, 4) is 5.75 Å². The van der Waals surface area contributed by atoms with Gasteiger partial charge in [0.2, 0.25) is 0 Å². The number of carbonyl (C=O) groups is 1. The zero-order valence-corrected chi connectivity index (χ0v) is 13.8. The van der Waals surface area contributed by atoms with E-state index in [4.69, 9.17) is 4.74 Å². The van der Waals surface area contributed by atoms with E-state index in [1.807, 2.05) is 18.7 Å². The second kappa shape index (κ2) is 9.03. The quantitative estimate of drug-likeness (QED) is 0.739. The predicted octanol–water partition coefficient (Wildman–Crippen LogP) is 3.78. The summed E-state index contributed by atoms with van der Waals surface area (Å²) >= 11 is 1.94. The van der Waals surface area contributed by atoms with Crippen molar-refractivity contribution in [3.63, 3.8) is 0 Å². The number of hydrogen-bond donors (Lipinski definition) is 1. The molecule has 1 N–H and O–H groups in total. The highest BCUT2D eigenvalue weighted by molar-refractivity contribution is 7.99. The summed E-state index contributed by atoms with van der Waals surface area (Å²) in [4.78, 5) is 12.1. The summed E-state index contributed by atoms with van der Waals surface area (Å²) in [5.74, 6) is 0.445. The van der Waals surface area contributed by atoms with E-state index in [0.29, 0.717) is 13.0 Å². The molecule has 3 nitrogen and oxygen atoms in total. The summed E-state index contributed by atoms with van der Waals surface area (Å²) in [5.41, 5.74) is 0. The van der Waals surface area contributed by atoms with Gasteiger partial charge < -0.3 is 10.1 Å². The number of hydrogen-bond acceptors (Lipinski definition) is 3. The summed E-state index contributed by atoms with van der Waals surface area (Å²) in [6.45, 7) is 2.50. The number of rotatable bonds is 8. The summed E-state index contributed by atoms with van der Waals surface area (Å²) in [6.07, 6.45) is 5.12. The first-order valence-corrected chi connectivity index (χ1v) is 9.06. The van der Waals surface area contributed by atoms with E-state index in [1.54, 1.807) is 18.2 Å². The molecule has 1 aromatic carbocycles. The fourth-order valence-corrected chi connectivity index (χ4v) is 3.80. The molecular weight excluding hydrogens is 301 g/mol. The molecule has 5 heteroatoms. The molecule has 0 bridgehead atoms. The van der Waals surface area contributed by atoms with Crippen LogP contribution in [0.2, 0.25) is 0 Å². The van der Waals surface area contributed by atoms with E-state index in [1.165, 1.54) is 31.7 Å². The minimum atomic E-state index is -0.645. The van der Waals surface area contributed by atoms with Crippen LogP contribution in [0.5, 0.6) is 5.75 Å². The molecule has 22 heavy (non-hydrogen) atoms. The second-order valence-corrected chi connectivity index (χ2v) is 6.92. The van der Waals surface area contributed by atoms with Gasteiger partial charge in [0.25, 0.3) is 5.91 Å². The Morgan fingerprint density at radius 1 is 1.41 bits per heavy atom. The molecule has 0 aliphatic heterocycles. The molecule has 0 aromatic heterocycles. The van der Waals surface area contributed by atoms with Crippen LogP contribution in [0.1, 0.15) is 39.0 Å². The number of halogens is 1. The number of amides is 1. The summed E-state index contributed by atoms with van der Waals surface area (Å²) in [7, 11) is 0. The number of carbonyl (C=O) groups excluding carboxylic acids is 1. The van der Waals surface area contributed by atoms with Crippen LogP contribution in [0.4, 0.5) is 4.39 Å². The van der Waals surface area contributed by atoms with Crippen molar-refractivity contribution >= 4 is 17.7 Å². The fraction of sp³-hybridized carbons (Fsp3) is 0.588. The van der Waals surface area contributed by atoms with Crippen molar-refractivity contribution in [1.29, 1.82) is 0 Å². The minimum absolute atomic E-state index is 0.129. The Bertz CT molecular complexity index is 477. The number of nitrogens with one attached hydrogen (secondary N) is 1. The van der Waals surface area contributed by atoms with E-state index in [-0.39, 0.29) is 11.7 Å². The summed E-state index contributed by atoms with van der Waals surface area (Å²) < 4.78 is 19.1.